The fourth-order valence-electron chi connectivity index (χ4n) is 3.81. The lowest BCUT2D eigenvalue weighted by atomic mass is 10.1. The Morgan fingerprint density at radius 1 is 0.862 bits per heavy atom. The van der Waals surface area contributed by atoms with Crippen molar-refractivity contribution in [2.24, 2.45) is 22.7 Å². The van der Waals surface area contributed by atoms with E-state index in [1.807, 2.05) is 36.4 Å². The van der Waals surface area contributed by atoms with E-state index in [1.165, 1.54) is 0 Å². The van der Waals surface area contributed by atoms with Crippen molar-refractivity contribution in [3.63, 3.8) is 0 Å². The largest absolute Gasteiger partial charge is 0.326 e. The molecule has 0 bridgehead atoms. The van der Waals surface area contributed by atoms with Gasteiger partial charge in [-0.25, -0.2) is 0 Å². The van der Waals surface area contributed by atoms with Gasteiger partial charge in [-0.1, -0.05) is 39.8 Å². The lowest BCUT2D eigenvalue weighted by molar-refractivity contribution is -0.118. The van der Waals surface area contributed by atoms with Gasteiger partial charge in [-0.05, 0) is 53.5 Å². The van der Waals surface area contributed by atoms with Crippen molar-refractivity contribution in [3.05, 3.63) is 53.9 Å². The molecule has 0 spiro atoms. The SMILES string of the molecule is CC1(C)CC1C(=O)Nc1ccc(Cc2ccc(NC(=O)C3CC3(C)C)cn2)cc1. The molecule has 5 nitrogen and oxygen atoms in total. The van der Waals surface area contributed by atoms with Crippen molar-refractivity contribution in [1.29, 1.82) is 0 Å². The highest BCUT2D eigenvalue weighted by Gasteiger charge is 2.51. The highest BCUT2D eigenvalue weighted by atomic mass is 16.2. The molecular formula is C24H29N3O2. The summed E-state index contributed by atoms with van der Waals surface area (Å²) in [4.78, 5) is 28.9. The lowest BCUT2D eigenvalue weighted by Gasteiger charge is -2.09. The summed E-state index contributed by atoms with van der Waals surface area (Å²) in [7, 11) is 0. The summed E-state index contributed by atoms with van der Waals surface area (Å²) < 4.78 is 0. The first-order chi connectivity index (χ1) is 13.6. The second kappa shape index (κ2) is 6.97. The van der Waals surface area contributed by atoms with Crippen LogP contribution in [0.3, 0.4) is 0 Å². The zero-order valence-corrected chi connectivity index (χ0v) is 17.6. The third-order valence-electron chi connectivity index (χ3n) is 6.36. The third kappa shape index (κ3) is 4.50. The van der Waals surface area contributed by atoms with E-state index in [-0.39, 0.29) is 34.5 Å². The fraction of sp³-hybridized carbons (Fsp3) is 0.458. The molecule has 2 N–H and O–H groups in total. The van der Waals surface area contributed by atoms with Gasteiger partial charge in [0.1, 0.15) is 0 Å². The van der Waals surface area contributed by atoms with Gasteiger partial charge in [0.05, 0.1) is 11.9 Å². The monoisotopic (exact) mass is 391 g/mol. The molecule has 4 rings (SSSR count). The van der Waals surface area contributed by atoms with Crippen molar-refractivity contribution in [1.82, 2.24) is 4.98 Å². The highest BCUT2D eigenvalue weighted by Crippen LogP contribution is 2.52. The van der Waals surface area contributed by atoms with E-state index in [9.17, 15) is 9.59 Å². The van der Waals surface area contributed by atoms with E-state index >= 15 is 0 Å². The van der Waals surface area contributed by atoms with Crippen LogP contribution in [0.4, 0.5) is 11.4 Å². The first-order valence-corrected chi connectivity index (χ1v) is 10.3. The van der Waals surface area contributed by atoms with Gasteiger partial charge in [-0.3, -0.25) is 14.6 Å². The minimum Gasteiger partial charge on any atom is -0.326 e. The van der Waals surface area contributed by atoms with Crippen LogP contribution >= 0.6 is 0 Å². The summed E-state index contributed by atoms with van der Waals surface area (Å²) in [6.07, 6.45) is 4.32. The van der Waals surface area contributed by atoms with Crippen molar-refractivity contribution in [2.75, 3.05) is 10.6 Å². The van der Waals surface area contributed by atoms with Crippen LogP contribution in [0.25, 0.3) is 0 Å². The van der Waals surface area contributed by atoms with Crippen molar-refractivity contribution >= 4 is 23.2 Å². The van der Waals surface area contributed by atoms with Crippen molar-refractivity contribution < 1.29 is 9.59 Å². The molecule has 5 heteroatoms. The van der Waals surface area contributed by atoms with Crippen LogP contribution < -0.4 is 10.6 Å². The predicted molar refractivity (Wildman–Crippen MR) is 115 cm³/mol. The summed E-state index contributed by atoms with van der Waals surface area (Å²) in [6, 6.07) is 11.8. The lowest BCUT2D eigenvalue weighted by Crippen LogP contribution is -2.16. The Bertz CT molecular complexity index is 852. The number of carbonyl (C=O) groups excluding carboxylic acids is 2. The van der Waals surface area contributed by atoms with E-state index < -0.39 is 0 Å². The number of carbonyl (C=O) groups is 2. The molecule has 0 aliphatic heterocycles. The summed E-state index contributed by atoms with van der Waals surface area (Å²) in [5, 5.41) is 5.96. The molecule has 0 radical (unpaired) electrons. The van der Waals surface area contributed by atoms with E-state index in [1.54, 1.807) is 6.20 Å². The molecule has 29 heavy (non-hydrogen) atoms. The van der Waals surface area contributed by atoms with Crippen LogP contribution in [0.15, 0.2) is 42.6 Å². The van der Waals surface area contributed by atoms with Gasteiger partial charge in [0.2, 0.25) is 11.8 Å². The van der Waals surface area contributed by atoms with Crippen LogP contribution in [0.1, 0.15) is 51.8 Å². The summed E-state index contributed by atoms with van der Waals surface area (Å²) >= 11 is 0. The van der Waals surface area contributed by atoms with E-state index in [0.29, 0.717) is 6.42 Å². The minimum absolute atomic E-state index is 0.0803. The van der Waals surface area contributed by atoms with E-state index in [0.717, 1.165) is 35.5 Å². The quantitative estimate of drug-likeness (QED) is 0.753. The Labute approximate surface area is 172 Å². The van der Waals surface area contributed by atoms with Crippen LogP contribution in [-0.2, 0) is 16.0 Å². The summed E-state index contributed by atoms with van der Waals surface area (Å²) in [5.41, 5.74) is 3.89. The molecule has 2 atom stereocenters. The van der Waals surface area contributed by atoms with Crippen LogP contribution in [0.5, 0.6) is 0 Å². The maximum absolute atomic E-state index is 12.2. The van der Waals surface area contributed by atoms with Gasteiger partial charge in [-0.15, -0.1) is 0 Å². The van der Waals surface area contributed by atoms with Crippen LogP contribution in [0, 0.1) is 22.7 Å². The first-order valence-electron chi connectivity index (χ1n) is 10.3. The number of amides is 2. The Hall–Kier alpha value is -2.69. The molecule has 1 heterocycles. The molecule has 2 unspecified atom stereocenters. The second-order valence-corrected chi connectivity index (χ2v) is 9.88. The zero-order chi connectivity index (χ0) is 20.8. The maximum atomic E-state index is 12.2. The number of nitrogens with one attached hydrogen (secondary N) is 2. The smallest absolute Gasteiger partial charge is 0.228 e. The second-order valence-electron chi connectivity index (χ2n) is 9.88. The molecule has 2 fully saturated rings. The summed E-state index contributed by atoms with van der Waals surface area (Å²) in [6.45, 7) is 8.47. The Morgan fingerprint density at radius 3 is 1.79 bits per heavy atom. The van der Waals surface area contributed by atoms with Gasteiger partial charge in [0.15, 0.2) is 0 Å². The number of rotatable bonds is 6. The third-order valence-corrected chi connectivity index (χ3v) is 6.36. The van der Waals surface area contributed by atoms with Gasteiger partial charge < -0.3 is 10.6 Å². The van der Waals surface area contributed by atoms with E-state index in [2.05, 4.69) is 43.3 Å². The van der Waals surface area contributed by atoms with E-state index in [4.69, 9.17) is 0 Å². The molecule has 2 aromatic rings. The Morgan fingerprint density at radius 2 is 1.34 bits per heavy atom. The molecule has 2 saturated carbocycles. The number of anilines is 2. The molecule has 2 aliphatic carbocycles. The molecule has 2 amide bonds. The highest BCUT2D eigenvalue weighted by molar-refractivity contribution is 5.95. The fourth-order valence-corrected chi connectivity index (χ4v) is 3.81. The Kier molecular flexibility index (Phi) is 4.72. The maximum Gasteiger partial charge on any atom is 0.228 e. The number of nitrogens with zero attached hydrogens (tertiary/aromatic N) is 1. The number of aromatic nitrogens is 1. The van der Waals surface area contributed by atoms with Gasteiger partial charge >= 0.3 is 0 Å². The average Bonchev–Trinajstić information content (AvgIpc) is 3.52. The zero-order valence-electron chi connectivity index (χ0n) is 17.6. The minimum atomic E-state index is 0.0803. The van der Waals surface area contributed by atoms with Crippen molar-refractivity contribution in [2.45, 2.75) is 47.0 Å². The van der Waals surface area contributed by atoms with Gasteiger partial charge in [-0.2, -0.15) is 0 Å². The predicted octanol–water partition coefficient (Wildman–Crippen LogP) is 4.64. The molecule has 0 saturated heterocycles. The molecule has 152 valence electrons. The molecule has 1 aromatic carbocycles. The molecule has 2 aliphatic rings. The number of hydrogen-bond donors (Lipinski definition) is 2. The molecule has 1 aromatic heterocycles. The summed E-state index contributed by atoms with van der Waals surface area (Å²) in [5.74, 6) is 0.414. The standard InChI is InChI=1S/C24H29N3O2/c1-23(2)12-19(23)21(28)26-16-7-5-15(6-8-16)11-17-9-10-18(14-25-17)27-22(29)20-13-24(20,3)4/h5-10,14,19-20H,11-13H2,1-4H3,(H,26,28)(H,27,29). The van der Waals surface area contributed by atoms with Crippen molar-refractivity contribution in [3.8, 4) is 0 Å². The number of pyridine rings is 1. The first kappa shape index (κ1) is 19.6. The van der Waals surface area contributed by atoms with Gasteiger partial charge in [0, 0.05) is 29.6 Å². The normalized spacial score (nSPS) is 23.2. The van der Waals surface area contributed by atoms with Gasteiger partial charge in [0.25, 0.3) is 0 Å². The number of benzene rings is 1. The van der Waals surface area contributed by atoms with Crippen LogP contribution in [0.2, 0.25) is 0 Å². The topological polar surface area (TPSA) is 71.1 Å². The average molecular weight is 392 g/mol. The number of hydrogen-bond acceptors (Lipinski definition) is 3. The molecular weight excluding hydrogens is 362 g/mol. The Balaban J connectivity index is 1.30. The van der Waals surface area contributed by atoms with Crippen LogP contribution in [-0.4, -0.2) is 16.8 Å².